The number of para-hydroxylation sites is 1. The summed E-state index contributed by atoms with van der Waals surface area (Å²) in [5.41, 5.74) is 11.4. The van der Waals surface area contributed by atoms with Gasteiger partial charge in [0.15, 0.2) is 5.58 Å². The maximum Gasteiger partial charge on any atom is 0.229 e. The molecule has 0 aliphatic rings. The minimum absolute atomic E-state index is 0.0697. The Bertz CT molecular complexity index is 2220. The first kappa shape index (κ1) is 29.4. The molecule has 0 aliphatic heterocycles. The van der Waals surface area contributed by atoms with Crippen LogP contribution in [0.15, 0.2) is 137 Å². The van der Waals surface area contributed by atoms with Gasteiger partial charge >= 0.3 is 0 Å². The molecule has 0 bridgehead atoms. The SMILES string of the molecule is CC(C)c1cccc(-c2cccc(-c3cc(C(C)(C)C)cc4oc(-c5ccccc5N=Cc5cccc6ccccc56)nc34)c2)c1. The lowest BCUT2D eigenvalue weighted by Crippen LogP contribution is -2.11. The van der Waals surface area contributed by atoms with Gasteiger partial charge in [0.25, 0.3) is 0 Å². The van der Waals surface area contributed by atoms with Gasteiger partial charge in [-0.15, -0.1) is 0 Å². The van der Waals surface area contributed by atoms with Crippen LogP contribution in [0.3, 0.4) is 0 Å². The maximum atomic E-state index is 6.59. The predicted molar refractivity (Wildman–Crippen MR) is 194 cm³/mol. The molecule has 46 heavy (non-hydrogen) atoms. The van der Waals surface area contributed by atoms with Crippen LogP contribution in [0.4, 0.5) is 5.69 Å². The number of hydrogen-bond acceptors (Lipinski definition) is 3. The molecule has 7 aromatic rings. The van der Waals surface area contributed by atoms with E-state index >= 15 is 0 Å². The summed E-state index contributed by atoms with van der Waals surface area (Å²) >= 11 is 0. The van der Waals surface area contributed by atoms with E-state index in [2.05, 4.69) is 138 Å². The van der Waals surface area contributed by atoms with Crippen LogP contribution in [-0.2, 0) is 5.41 Å². The van der Waals surface area contributed by atoms with Crippen LogP contribution in [0.25, 0.3) is 55.6 Å². The predicted octanol–water partition coefficient (Wildman–Crippen LogP) is 12.2. The topological polar surface area (TPSA) is 38.4 Å². The molecule has 3 nitrogen and oxygen atoms in total. The molecule has 3 heteroatoms. The second-order valence-electron chi connectivity index (χ2n) is 13.3. The zero-order valence-electron chi connectivity index (χ0n) is 27.1. The van der Waals surface area contributed by atoms with Crippen molar-refractivity contribution in [3.63, 3.8) is 0 Å². The van der Waals surface area contributed by atoms with Gasteiger partial charge in [-0.1, -0.05) is 132 Å². The minimum Gasteiger partial charge on any atom is -0.436 e. The molecule has 0 saturated carbocycles. The number of aromatic nitrogens is 1. The van der Waals surface area contributed by atoms with Crippen LogP contribution < -0.4 is 0 Å². The summed E-state index contributed by atoms with van der Waals surface area (Å²) < 4.78 is 6.59. The van der Waals surface area contributed by atoms with Crippen molar-refractivity contribution in [3.05, 3.63) is 144 Å². The smallest absolute Gasteiger partial charge is 0.229 e. The Hall–Kier alpha value is -5.28. The van der Waals surface area contributed by atoms with E-state index in [0.717, 1.165) is 39.0 Å². The third-order valence-corrected chi connectivity index (χ3v) is 8.72. The summed E-state index contributed by atoms with van der Waals surface area (Å²) in [6, 6.07) is 44.8. The van der Waals surface area contributed by atoms with E-state index in [-0.39, 0.29) is 5.41 Å². The van der Waals surface area contributed by atoms with Gasteiger partial charge in [-0.25, -0.2) is 4.98 Å². The van der Waals surface area contributed by atoms with Crippen LogP contribution in [-0.4, -0.2) is 11.2 Å². The van der Waals surface area contributed by atoms with Gasteiger partial charge < -0.3 is 4.42 Å². The normalized spacial score (nSPS) is 12.1. The molecular weight excluding hydrogens is 560 g/mol. The van der Waals surface area contributed by atoms with Gasteiger partial charge in [-0.05, 0) is 80.3 Å². The van der Waals surface area contributed by atoms with E-state index in [4.69, 9.17) is 14.4 Å². The van der Waals surface area contributed by atoms with Crippen molar-refractivity contribution in [3.8, 4) is 33.7 Å². The van der Waals surface area contributed by atoms with Gasteiger partial charge in [0.2, 0.25) is 5.89 Å². The van der Waals surface area contributed by atoms with E-state index in [0.29, 0.717) is 11.8 Å². The summed E-state index contributed by atoms with van der Waals surface area (Å²) in [6.45, 7) is 11.2. The molecule has 0 atom stereocenters. The highest BCUT2D eigenvalue weighted by Gasteiger charge is 2.21. The van der Waals surface area contributed by atoms with Crippen molar-refractivity contribution >= 4 is 33.8 Å². The number of hydrogen-bond donors (Lipinski definition) is 0. The van der Waals surface area contributed by atoms with Gasteiger partial charge in [-0.3, -0.25) is 4.99 Å². The molecule has 0 spiro atoms. The van der Waals surface area contributed by atoms with Crippen LogP contribution >= 0.6 is 0 Å². The molecule has 0 radical (unpaired) electrons. The molecule has 6 aromatic carbocycles. The van der Waals surface area contributed by atoms with E-state index < -0.39 is 0 Å². The Balaban J connectivity index is 1.34. The lowest BCUT2D eigenvalue weighted by molar-refractivity contribution is 0.584. The lowest BCUT2D eigenvalue weighted by atomic mass is 9.84. The first-order chi connectivity index (χ1) is 22.2. The molecule has 0 aliphatic carbocycles. The maximum absolute atomic E-state index is 6.59. The fourth-order valence-corrected chi connectivity index (χ4v) is 6.01. The van der Waals surface area contributed by atoms with Crippen LogP contribution in [0.5, 0.6) is 0 Å². The molecule has 0 fully saturated rings. The molecule has 0 N–H and O–H groups in total. The van der Waals surface area contributed by atoms with Gasteiger partial charge in [-0.2, -0.15) is 0 Å². The standard InChI is InChI=1S/C43H38N2O/c1-28(2)30-15-11-16-31(23-30)32-17-12-18-33(24-32)38-25-35(43(3,4)5)26-40-41(38)45-42(46-40)37-21-8-9-22-39(37)44-27-34-19-10-14-29-13-6-7-20-36(29)34/h6-28H,1-5H3. The third kappa shape index (κ3) is 5.77. The Kier molecular flexibility index (Phi) is 7.62. The Morgan fingerprint density at radius 2 is 1.37 bits per heavy atom. The molecular formula is C43H38N2O. The average Bonchev–Trinajstić information content (AvgIpc) is 3.51. The first-order valence-electron chi connectivity index (χ1n) is 16.0. The lowest BCUT2D eigenvalue weighted by Gasteiger charge is -2.20. The Labute approximate surface area is 271 Å². The van der Waals surface area contributed by atoms with Crippen molar-refractivity contribution in [2.45, 2.75) is 46.0 Å². The quantitative estimate of drug-likeness (QED) is 0.179. The second kappa shape index (κ2) is 11.9. The van der Waals surface area contributed by atoms with Gasteiger partial charge in [0.1, 0.15) is 5.52 Å². The summed E-state index contributed by atoms with van der Waals surface area (Å²) in [4.78, 5) is 10.1. The van der Waals surface area contributed by atoms with Gasteiger partial charge in [0.05, 0.1) is 11.3 Å². The third-order valence-electron chi connectivity index (χ3n) is 8.72. The minimum atomic E-state index is -0.0697. The molecule has 1 aromatic heterocycles. The van der Waals surface area contributed by atoms with Crippen LogP contribution in [0.2, 0.25) is 0 Å². The Morgan fingerprint density at radius 1 is 0.674 bits per heavy atom. The van der Waals surface area contributed by atoms with Crippen LogP contribution in [0, 0.1) is 0 Å². The summed E-state index contributed by atoms with van der Waals surface area (Å²) in [6.07, 6.45) is 1.94. The van der Waals surface area contributed by atoms with E-state index in [1.165, 1.54) is 33.0 Å². The zero-order valence-corrected chi connectivity index (χ0v) is 27.1. The van der Waals surface area contributed by atoms with Crippen LogP contribution in [0.1, 0.15) is 57.2 Å². The van der Waals surface area contributed by atoms with Crippen molar-refractivity contribution < 1.29 is 4.42 Å². The fraction of sp³-hybridized carbons (Fsp3) is 0.163. The molecule has 1 heterocycles. The zero-order chi connectivity index (χ0) is 31.8. The fourth-order valence-electron chi connectivity index (χ4n) is 6.01. The number of fused-ring (bicyclic) bond motifs is 2. The first-order valence-corrected chi connectivity index (χ1v) is 16.0. The van der Waals surface area contributed by atoms with E-state index in [9.17, 15) is 0 Å². The van der Waals surface area contributed by atoms with Crippen molar-refractivity contribution in [1.82, 2.24) is 4.98 Å². The highest BCUT2D eigenvalue weighted by atomic mass is 16.3. The number of oxazole rings is 1. The van der Waals surface area contributed by atoms with Crippen molar-refractivity contribution in [1.29, 1.82) is 0 Å². The summed E-state index contributed by atoms with van der Waals surface area (Å²) in [7, 11) is 0. The van der Waals surface area contributed by atoms with E-state index in [1.54, 1.807) is 0 Å². The Morgan fingerprint density at radius 3 is 2.20 bits per heavy atom. The summed E-state index contributed by atoms with van der Waals surface area (Å²) in [5, 5.41) is 2.36. The largest absolute Gasteiger partial charge is 0.436 e. The monoisotopic (exact) mass is 598 g/mol. The highest BCUT2D eigenvalue weighted by Crippen LogP contribution is 2.39. The highest BCUT2D eigenvalue weighted by molar-refractivity contribution is 6.01. The van der Waals surface area contributed by atoms with Gasteiger partial charge in [0, 0.05) is 17.3 Å². The molecule has 0 amide bonds. The number of rotatable bonds is 6. The summed E-state index contributed by atoms with van der Waals surface area (Å²) in [5.74, 6) is 1.03. The molecule has 0 unspecified atom stereocenters. The number of nitrogens with zero attached hydrogens (tertiary/aromatic N) is 2. The molecule has 226 valence electrons. The van der Waals surface area contributed by atoms with Crippen molar-refractivity contribution in [2.24, 2.45) is 4.99 Å². The second-order valence-corrected chi connectivity index (χ2v) is 13.3. The number of aliphatic imine (C=N–C) groups is 1. The van der Waals surface area contributed by atoms with Crippen molar-refractivity contribution in [2.75, 3.05) is 0 Å². The molecule has 7 rings (SSSR count). The average molecular weight is 599 g/mol. The molecule has 0 saturated heterocycles. The number of benzene rings is 6. The van der Waals surface area contributed by atoms with E-state index in [1.807, 2.05) is 30.5 Å².